The van der Waals surface area contributed by atoms with Crippen molar-refractivity contribution in [2.45, 2.75) is 77.4 Å². The smallest absolute Gasteiger partial charge is 0.406 e. The van der Waals surface area contributed by atoms with Gasteiger partial charge in [0.1, 0.15) is 17.6 Å². The van der Waals surface area contributed by atoms with Crippen LogP contribution >= 0.6 is 22.7 Å². The van der Waals surface area contributed by atoms with Gasteiger partial charge in [-0.25, -0.2) is 9.18 Å². The number of rotatable bonds is 10. The number of benzene rings is 1. The lowest BCUT2D eigenvalue weighted by Crippen LogP contribution is -2.46. The van der Waals surface area contributed by atoms with Gasteiger partial charge in [0.05, 0.1) is 28.7 Å². The minimum atomic E-state index is -4.52. The summed E-state index contributed by atoms with van der Waals surface area (Å²) in [6.45, 7) is 7.70. The molecule has 1 aromatic carbocycles. The van der Waals surface area contributed by atoms with E-state index in [9.17, 15) is 27.2 Å². The van der Waals surface area contributed by atoms with Gasteiger partial charge in [-0.3, -0.25) is 4.79 Å². The van der Waals surface area contributed by atoms with E-state index >= 15 is 0 Å². The van der Waals surface area contributed by atoms with Gasteiger partial charge >= 0.3 is 12.1 Å². The highest BCUT2D eigenvalue weighted by Gasteiger charge is 2.32. The summed E-state index contributed by atoms with van der Waals surface area (Å²) < 4.78 is 61.9. The van der Waals surface area contributed by atoms with Crippen molar-refractivity contribution in [2.24, 2.45) is 0 Å². The minimum absolute atomic E-state index is 0.0449. The summed E-state index contributed by atoms with van der Waals surface area (Å²) in [5, 5.41) is 20.8. The van der Waals surface area contributed by atoms with E-state index in [1.807, 2.05) is 57.2 Å². The molecule has 1 fully saturated rings. The molecule has 0 spiro atoms. The van der Waals surface area contributed by atoms with E-state index in [0.29, 0.717) is 51.1 Å². The highest BCUT2D eigenvalue weighted by Crippen LogP contribution is 2.35. The second kappa shape index (κ2) is 15.9. The Kier molecular flexibility index (Phi) is 11.9. The fraction of sp³-hybridized carbons (Fsp3) is 0.429. The number of nitrogens with zero attached hydrogens (tertiary/aromatic N) is 4. The second-order valence-electron chi connectivity index (χ2n) is 13.0. The van der Waals surface area contributed by atoms with Crippen LogP contribution in [0.1, 0.15) is 81.6 Å². The summed E-state index contributed by atoms with van der Waals surface area (Å²) in [5.74, 6) is -0.518. The van der Waals surface area contributed by atoms with Crippen molar-refractivity contribution in [1.29, 1.82) is 0 Å². The third-order valence-electron chi connectivity index (χ3n) is 8.40. The van der Waals surface area contributed by atoms with Gasteiger partial charge in [0.2, 0.25) is 11.7 Å². The van der Waals surface area contributed by atoms with Gasteiger partial charge in [0.15, 0.2) is 0 Å². The van der Waals surface area contributed by atoms with Gasteiger partial charge in [-0.2, -0.15) is 18.2 Å². The number of carbonyl (C=O) groups is 2. The monoisotopic (exact) mass is 748 g/mol. The fourth-order valence-electron chi connectivity index (χ4n) is 5.77. The van der Waals surface area contributed by atoms with Crippen LogP contribution in [-0.4, -0.2) is 75.1 Å². The maximum atomic E-state index is 14.7. The summed E-state index contributed by atoms with van der Waals surface area (Å²) >= 11 is 2.68. The zero-order valence-corrected chi connectivity index (χ0v) is 30.4. The first-order chi connectivity index (χ1) is 24.1. The maximum absolute atomic E-state index is 14.7. The van der Waals surface area contributed by atoms with Crippen molar-refractivity contribution in [3.05, 3.63) is 73.9 Å². The SMILES string of the molecule is CC(C)c1ccc(C(=O)NCc2nc(-c3cc4c(N[C@@H]5CCN(C)C[C@@H]5F)cccc4n3CC(F)(F)F)no2)s1.CC(C)c1ccsc1C(=O)O. The van der Waals surface area contributed by atoms with Crippen molar-refractivity contribution in [3.8, 4) is 11.5 Å². The average Bonchev–Trinajstić information content (AvgIpc) is 3.87. The third-order valence-corrected chi connectivity index (χ3v) is 10.7. The van der Waals surface area contributed by atoms with Crippen LogP contribution in [0.5, 0.6) is 0 Å². The normalized spacial score (nSPS) is 16.8. The van der Waals surface area contributed by atoms with Gasteiger partial charge in [-0.1, -0.05) is 38.9 Å². The third kappa shape index (κ3) is 9.34. The summed E-state index contributed by atoms with van der Waals surface area (Å²) in [6.07, 6.45) is -5.07. The molecule has 6 rings (SSSR count). The summed E-state index contributed by atoms with van der Waals surface area (Å²) in [4.78, 5) is 31.4. The van der Waals surface area contributed by atoms with Crippen LogP contribution in [0.3, 0.4) is 0 Å². The number of hydrogen-bond donors (Lipinski definition) is 3. The number of carbonyl (C=O) groups excluding carboxylic acids is 1. The molecule has 51 heavy (non-hydrogen) atoms. The first-order valence-corrected chi connectivity index (χ1v) is 18.1. The van der Waals surface area contributed by atoms with Gasteiger partial charge < -0.3 is 29.7 Å². The highest BCUT2D eigenvalue weighted by atomic mass is 32.1. The summed E-state index contributed by atoms with van der Waals surface area (Å²) in [5.41, 5.74) is 1.87. The van der Waals surface area contributed by atoms with Crippen molar-refractivity contribution in [2.75, 3.05) is 25.5 Å². The van der Waals surface area contributed by atoms with Crippen molar-refractivity contribution in [3.63, 3.8) is 0 Å². The number of thiophene rings is 2. The lowest BCUT2D eigenvalue weighted by molar-refractivity contribution is -0.139. The number of carboxylic acids is 1. The van der Waals surface area contributed by atoms with Gasteiger partial charge in [-0.15, -0.1) is 22.7 Å². The van der Waals surface area contributed by atoms with E-state index in [2.05, 4.69) is 20.8 Å². The van der Waals surface area contributed by atoms with Crippen LogP contribution < -0.4 is 10.6 Å². The van der Waals surface area contributed by atoms with Crippen LogP contribution in [-0.2, 0) is 13.1 Å². The van der Waals surface area contributed by atoms with E-state index in [4.69, 9.17) is 9.63 Å². The quantitative estimate of drug-likeness (QED) is 0.122. The Balaban J connectivity index is 0.000000392. The summed E-state index contributed by atoms with van der Waals surface area (Å²) in [6, 6.07) is 11.5. The largest absolute Gasteiger partial charge is 0.477 e. The Bertz CT molecular complexity index is 1960. The van der Waals surface area contributed by atoms with E-state index < -0.39 is 30.9 Å². The number of anilines is 1. The molecule has 0 saturated carbocycles. The van der Waals surface area contributed by atoms with Crippen molar-refractivity contribution in [1.82, 2.24) is 24.9 Å². The standard InChI is InChI=1S/C27H30F4N6O2S.C8H10O2S/c1-15(2)22-7-8-23(40-22)26(38)32-12-24-34-25(35-39-24)21-11-16-18(33-19-9-10-36(3)13-17(19)28)5-4-6-20(16)37(21)14-27(29,30)31;1-5(2)6-3-4-11-7(6)8(9)10/h4-8,11,15,17,19,33H,9-10,12-14H2,1-3H3,(H,32,38);3-5H,1-2H3,(H,9,10)/t17-,19+;/m0./s1. The minimum Gasteiger partial charge on any atom is -0.477 e. The van der Waals surface area contributed by atoms with E-state index in [1.54, 1.807) is 30.3 Å². The van der Waals surface area contributed by atoms with E-state index in [-0.39, 0.29) is 36.4 Å². The first-order valence-electron chi connectivity index (χ1n) is 16.4. The van der Waals surface area contributed by atoms with Crippen LogP contribution in [0.25, 0.3) is 22.4 Å². The average molecular weight is 749 g/mol. The Morgan fingerprint density at radius 3 is 2.51 bits per heavy atom. The topological polar surface area (TPSA) is 126 Å². The van der Waals surface area contributed by atoms with Gasteiger partial charge in [0.25, 0.3) is 5.91 Å². The molecule has 1 amide bonds. The summed E-state index contributed by atoms with van der Waals surface area (Å²) in [7, 11) is 1.85. The molecule has 0 radical (unpaired) electrons. The zero-order valence-electron chi connectivity index (χ0n) is 28.8. The molecule has 3 N–H and O–H groups in total. The van der Waals surface area contributed by atoms with Crippen LogP contribution in [0, 0.1) is 0 Å². The number of piperidine rings is 1. The molecular formula is C35H40F4N6O4S2. The fourth-order valence-corrected chi connectivity index (χ4v) is 7.59. The number of halogens is 4. The molecule has 16 heteroatoms. The molecule has 1 aliphatic rings. The molecule has 1 saturated heterocycles. The lowest BCUT2D eigenvalue weighted by atomic mass is 10.0. The predicted octanol–water partition coefficient (Wildman–Crippen LogP) is 8.39. The Labute approximate surface area is 300 Å². The second-order valence-corrected chi connectivity index (χ2v) is 15.0. The number of aromatic carboxylic acids is 1. The molecule has 0 bridgehead atoms. The molecule has 4 aromatic heterocycles. The number of carboxylic acid groups (broad SMARTS) is 1. The Morgan fingerprint density at radius 1 is 1.12 bits per heavy atom. The van der Waals surface area contributed by atoms with E-state index in [0.717, 1.165) is 15.0 Å². The molecular weight excluding hydrogens is 709 g/mol. The van der Waals surface area contributed by atoms with Crippen LogP contribution in [0.4, 0.5) is 23.2 Å². The van der Waals surface area contributed by atoms with Crippen molar-refractivity contribution >= 4 is 51.1 Å². The maximum Gasteiger partial charge on any atom is 0.406 e. The van der Waals surface area contributed by atoms with E-state index in [1.165, 1.54) is 22.7 Å². The molecule has 0 unspecified atom stereocenters. The molecule has 5 heterocycles. The Morgan fingerprint density at radius 2 is 1.88 bits per heavy atom. The molecule has 274 valence electrons. The first kappa shape index (κ1) is 38.0. The predicted molar refractivity (Wildman–Crippen MR) is 191 cm³/mol. The highest BCUT2D eigenvalue weighted by molar-refractivity contribution is 7.14. The molecule has 1 aliphatic heterocycles. The zero-order chi connectivity index (χ0) is 37.0. The number of alkyl halides is 4. The number of hydrogen-bond acceptors (Lipinski definition) is 9. The van der Waals surface area contributed by atoms with Crippen LogP contribution in [0.15, 0.2) is 52.4 Å². The Hall–Kier alpha value is -4.28. The van der Waals surface area contributed by atoms with Crippen molar-refractivity contribution < 1.29 is 36.8 Å². The number of nitrogens with one attached hydrogen (secondary N) is 2. The molecule has 2 atom stereocenters. The molecule has 5 aromatic rings. The number of aromatic nitrogens is 3. The number of fused-ring (bicyclic) bond motifs is 1. The number of likely N-dealkylation sites (tertiary alicyclic amines) is 1. The van der Waals surface area contributed by atoms with Gasteiger partial charge in [0, 0.05) is 29.0 Å². The van der Waals surface area contributed by atoms with Gasteiger partial charge in [-0.05, 0) is 72.6 Å². The number of amides is 1. The van der Waals surface area contributed by atoms with Crippen LogP contribution in [0.2, 0.25) is 0 Å². The lowest BCUT2D eigenvalue weighted by Gasteiger charge is -2.33. The molecule has 0 aliphatic carbocycles. The molecule has 10 nitrogen and oxygen atoms in total.